The van der Waals surface area contributed by atoms with Crippen molar-refractivity contribution in [1.29, 1.82) is 0 Å². The lowest BCUT2D eigenvalue weighted by atomic mass is 10.0. The average Bonchev–Trinajstić information content (AvgIpc) is 2.50. The van der Waals surface area contributed by atoms with Gasteiger partial charge in [-0.15, -0.1) is 0 Å². The molecule has 2 N–H and O–H groups in total. The molecule has 10 heteroatoms. The molecule has 0 saturated carbocycles. The fourth-order valence-corrected chi connectivity index (χ4v) is 2.48. The number of amides is 2. The number of carbonyl (C=O) groups is 4. The third-order valence-corrected chi connectivity index (χ3v) is 3.51. The molecule has 0 spiro atoms. The predicted octanol–water partition coefficient (Wildman–Crippen LogP) is 4.24. The molecule has 0 aromatic carbocycles. The number of hydrogen-bond acceptors (Lipinski definition) is 8. The van der Waals surface area contributed by atoms with Gasteiger partial charge < -0.3 is 29.6 Å². The maximum absolute atomic E-state index is 12.8. The minimum absolute atomic E-state index is 0.0339. The van der Waals surface area contributed by atoms with Crippen LogP contribution in [0.2, 0.25) is 0 Å². The van der Waals surface area contributed by atoms with Gasteiger partial charge in [0.2, 0.25) is 0 Å². The van der Waals surface area contributed by atoms with Gasteiger partial charge in [-0.1, -0.05) is 0 Å². The molecule has 0 aliphatic heterocycles. The second kappa shape index (κ2) is 11.8. The number of nitrogens with one attached hydrogen (secondary N) is 2. The number of hydrogen-bond donors (Lipinski definition) is 2. The van der Waals surface area contributed by atoms with Crippen LogP contribution in [-0.2, 0) is 28.5 Å². The molecule has 0 radical (unpaired) electrons. The molecular formula is C24H44N2O8. The summed E-state index contributed by atoms with van der Waals surface area (Å²) in [5, 5.41) is 5.00. The lowest BCUT2D eigenvalue weighted by molar-refractivity contribution is -0.160. The van der Waals surface area contributed by atoms with Crippen LogP contribution in [0.5, 0.6) is 0 Å². The molecule has 0 aliphatic rings. The highest BCUT2D eigenvalue weighted by Gasteiger charge is 2.33. The summed E-state index contributed by atoms with van der Waals surface area (Å²) in [6.07, 6.45) is -1.68. The first-order chi connectivity index (χ1) is 15.0. The second-order valence-electron chi connectivity index (χ2n) is 12.0. The number of rotatable bonds is 7. The van der Waals surface area contributed by atoms with E-state index in [1.807, 2.05) is 0 Å². The van der Waals surface area contributed by atoms with E-state index >= 15 is 0 Å². The van der Waals surface area contributed by atoms with Gasteiger partial charge in [0.05, 0.1) is 0 Å². The molecule has 0 aliphatic carbocycles. The Balaban J connectivity index is 5.65. The van der Waals surface area contributed by atoms with E-state index in [0.29, 0.717) is 0 Å². The van der Waals surface area contributed by atoms with Gasteiger partial charge in [-0.3, -0.25) is 0 Å². The third-order valence-electron chi connectivity index (χ3n) is 3.51. The minimum Gasteiger partial charge on any atom is -0.458 e. The zero-order valence-corrected chi connectivity index (χ0v) is 22.8. The van der Waals surface area contributed by atoms with E-state index in [1.165, 1.54) is 0 Å². The van der Waals surface area contributed by atoms with Gasteiger partial charge in [0.1, 0.15) is 34.5 Å². The van der Waals surface area contributed by atoms with E-state index in [4.69, 9.17) is 18.9 Å². The number of ether oxygens (including phenoxy) is 4. The summed E-state index contributed by atoms with van der Waals surface area (Å²) >= 11 is 0. The predicted molar refractivity (Wildman–Crippen MR) is 127 cm³/mol. The molecule has 2 atom stereocenters. The van der Waals surface area contributed by atoms with Crippen molar-refractivity contribution in [2.45, 2.75) is 130 Å². The molecule has 0 fully saturated rings. The SMILES string of the molecule is CC(C)(C)OC(=O)N[C@@H](CC[C@H](NC(=O)OC(C)(C)C)C(=O)OC(C)(C)C)C(=O)OC(C)(C)C. The first-order valence-electron chi connectivity index (χ1n) is 11.4. The van der Waals surface area contributed by atoms with Crippen LogP contribution in [0.15, 0.2) is 0 Å². The maximum atomic E-state index is 12.8. The van der Waals surface area contributed by atoms with Crippen LogP contribution in [0.3, 0.4) is 0 Å². The summed E-state index contributed by atoms with van der Waals surface area (Å²) in [5.41, 5.74) is -3.16. The van der Waals surface area contributed by atoms with Crippen molar-refractivity contribution in [3.8, 4) is 0 Å². The van der Waals surface area contributed by atoms with E-state index in [-0.39, 0.29) is 12.8 Å². The summed E-state index contributed by atoms with van der Waals surface area (Å²) in [4.78, 5) is 50.2. The Labute approximate surface area is 203 Å². The smallest absolute Gasteiger partial charge is 0.408 e. The van der Waals surface area contributed by atoms with Gasteiger partial charge in [0, 0.05) is 0 Å². The number of carbonyl (C=O) groups excluding carboxylic acids is 4. The lowest BCUT2D eigenvalue weighted by Gasteiger charge is -2.28. The molecular weight excluding hydrogens is 444 g/mol. The number of esters is 2. The summed E-state index contributed by atoms with van der Waals surface area (Å²) in [7, 11) is 0. The molecule has 0 aromatic rings. The quantitative estimate of drug-likeness (QED) is 0.402. The average molecular weight is 489 g/mol. The highest BCUT2D eigenvalue weighted by atomic mass is 16.6. The Morgan fingerprint density at radius 3 is 0.941 bits per heavy atom. The van der Waals surface area contributed by atoms with Crippen LogP contribution in [-0.4, -0.2) is 58.6 Å². The summed E-state index contributed by atoms with van der Waals surface area (Å²) in [6, 6.07) is -2.25. The van der Waals surface area contributed by atoms with Crippen LogP contribution in [0.4, 0.5) is 9.59 Å². The molecule has 0 heterocycles. The van der Waals surface area contributed by atoms with Gasteiger partial charge in [-0.05, 0) is 95.9 Å². The van der Waals surface area contributed by atoms with Gasteiger partial charge in [-0.25, -0.2) is 19.2 Å². The van der Waals surface area contributed by atoms with E-state index in [1.54, 1.807) is 83.1 Å². The topological polar surface area (TPSA) is 129 Å². The van der Waals surface area contributed by atoms with Crippen molar-refractivity contribution in [3.63, 3.8) is 0 Å². The highest BCUT2D eigenvalue weighted by molar-refractivity contribution is 5.83. The summed E-state index contributed by atoms with van der Waals surface area (Å²) in [6.45, 7) is 20.3. The standard InChI is InChI=1S/C24H44N2O8/c1-21(2,3)31-17(27)15(25-19(29)33-23(7,8)9)13-14-16(18(28)32-22(4,5)6)26-20(30)34-24(10,11)12/h15-16H,13-14H2,1-12H3,(H,25,29)(H,26,30)/t15-,16-/m0/s1. The summed E-state index contributed by atoms with van der Waals surface area (Å²) < 4.78 is 21.3. The number of alkyl carbamates (subject to hydrolysis) is 2. The van der Waals surface area contributed by atoms with Gasteiger partial charge in [-0.2, -0.15) is 0 Å². The van der Waals surface area contributed by atoms with E-state index in [2.05, 4.69) is 10.6 Å². The first kappa shape index (κ1) is 31.5. The Morgan fingerprint density at radius 1 is 0.500 bits per heavy atom. The molecule has 34 heavy (non-hydrogen) atoms. The van der Waals surface area contributed by atoms with Crippen LogP contribution >= 0.6 is 0 Å². The van der Waals surface area contributed by atoms with Crippen molar-refractivity contribution < 1.29 is 38.1 Å². The Bertz CT molecular complexity index is 659. The lowest BCUT2D eigenvalue weighted by Crippen LogP contribution is -2.49. The van der Waals surface area contributed by atoms with E-state index in [9.17, 15) is 19.2 Å². The monoisotopic (exact) mass is 488 g/mol. The minimum atomic E-state index is -1.13. The van der Waals surface area contributed by atoms with Crippen LogP contribution in [0.1, 0.15) is 95.9 Å². The highest BCUT2D eigenvalue weighted by Crippen LogP contribution is 2.16. The van der Waals surface area contributed by atoms with E-state index in [0.717, 1.165) is 0 Å². The molecule has 198 valence electrons. The fraction of sp³-hybridized carbons (Fsp3) is 0.833. The van der Waals surface area contributed by atoms with Crippen LogP contribution in [0, 0.1) is 0 Å². The maximum Gasteiger partial charge on any atom is 0.408 e. The molecule has 0 unspecified atom stereocenters. The first-order valence-corrected chi connectivity index (χ1v) is 11.4. The molecule has 0 saturated heterocycles. The molecule has 10 nitrogen and oxygen atoms in total. The van der Waals surface area contributed by atoms with Crippen molar-refractivity contribution in [2.24, 2.45) is 0 Å². The molecule has 2 amide bonds. The van der Waals surface area contributed by atoms with Gasteiger partial charge >= 0.3 is 24.1 Å². The summed E-state index contributed by atoms with van der Waals surface area (Å²) in [5.74, 6) is -1.39. The van der Waals surface area contributed by atoms with Gasteiger partial charge in [0.25, 0.3) is 0 Å². The molecule has 0 aromatic heterocycles. The zero-order valence-electron chi connectivity index (χ0n) is 22.8. The Kier molecular flexibility index (Phi) is 10.9. The van der Waals surface area contributed by atoms with Gasteiger partial charge in [0.15, 0.2) is 0 Å². The fourth-order valence-electron chi connectivity index (χ4n) is 2.48. The van der Waals surface area contributed by atoms with Crippen molar-refractivity contribution in [3.05, 3.63) is 0 Å². The van der Waals surface area contributed by atoms with Crippen LogP contribution in [0.25, 0.3) is 0 Å². The largest absolute Gasteiger partial charge is 0.458 e. The second-order valence-corrected chi connectivity index (χ2v) is 12.0. The van der Waals surface area contributed by atoms with Crippen molar-refractivity contribution in [2.75, 3.05) is 0 Å². The zero-order chi connectivity index (χ0) is 27.1. The van der Waals surface area contributed by atoms with Crippen LogP contribution < -0.4 is 10.6 Å². The molecule has 0 bridgehead atoms. The van der Waals surface area contributed by atoms with E-state index < -0.39 is 58.6 Å². The van der Waals surface area contributed by atoms with Crippen molar-refractivity contribution in [1.82, 2.24) is 10.6 Å². The Morgan fingerprint density at radius 2 is 0.735 bits per heavy atom. The molecule has 0 rings (SSSR count). The Hall–Kier alpha value is -2.52. The van der Waals surface area contributed by atoms with Crippen molar-refractivity contribution >= 4 is 24.1 Å². The third kappa shape index (κ3) is 16.1. The normalized spacial score (nSPS) is 14.4.